The molecule has 3 heterocycles. The van der Waals surface area contributed by atoms with Gasteiger partial charge in [0, 0.05) is 42.3 Å². The van der Waals surface area contributed by atoms with E-state index >= 15 is 0 Å². The molecular formula is C23H25Cl2N5O2. The molecule has 0 aliphatic carbocycles. The molecule has 2 aromatic carbocycles. The molecule has 0 spiro atoms. The van der Waals surface area contributed by atoms with Crippen LogP contribution in [0.5, 0.6) is 0 Å². The highest BCUT2D eigenvalue weighted by Crippen LogP contribution is 2.27. The molecular weight excluding hydrogens is 449 g/mol. The predicted octanol–water partition coefficient (Wildman–Crippen LogP) is 4.25. The first-order valence-corrected chi connectivity index (χ1v) is 11.6. The molecule has 0 radical (unpaired) electrons. The van der Waals surface area contributed by atoms with Crippen molar-refractivity contribution in [2.45, 2.75) is 32.4 Å². The van der Waals surface area contributed by atoms with E-state index in [9.17, 15) is 9.59 Å². The summed E-state index contributed by atoms with van der Waals surface area (Å²) in [6, 6.07) is 11.2. The normalized spacial score (nSPS) is 16.8. The van der Waals surface area contributed by atoms with Crippen LogP contribution in [0.2, 0.25) is 10.0 Å². The second-order valence-corrected chi connectivity index (χ2v) is 9.67. The fraction of sp³-hybridized carbons (Fsp3) is 0.391. The van der Waals surface area contributed by atoms with Crippen LogP contribution in [-0.2, 0) is 6.54 Å². The van der Waals surface area contributed by atoms with Gasteiger partial charge < -0.3 is 14.9 Å². The third-order valence-corrected chi connectivity index (χ3v) is 6.87. The summed E-state index contributed by atoms with van der Waals surface area (Å²) in [5, 5.41) is 1.23. The van der Waals surface area contributed by atoms with Crippen LogP contribution < -0.4 is 11.4 Å². The first-order valence-electron chi connectivity index (χ1n) is 10.9. The van der Waals surface area contributed by atoms with E-state index in [0.29, 0.717) is 22.5 Å². The van der Waals surface area contributed by atoms with Gasteiger partial charge in [0.05, 0.1) is 22.1 Å². The van der Waals surface area contributed by atoms with Gasteiger partial charge in [0.15, 0.2) is 0 Å². The molecule has 5 rings (SSSR count). The number of imidazole rings is 2. The molecule has 32 heavy (non-hydrogen) atoms. The highest BCUT2D eigenvalue weighted by molar-refractivity contribution is 6.31. The number of aromatic amines is 2. The van der Waals surface area contributed by atoms with E-state index in [4.69, 9.17) is 23.2 Å². The maximum Gasteiger partial charge on any atom is 0.326 e. The molecule has 1 aliphatic heterocycles. The van der Waals surface area contributed by atoms with Gasteiger partial charge in [0.25, 0.3) is 0 Å². The summed E-state index contributed by atoms with van der Waals surface area (Å²) < 4.78 is 3.67. The Morgan fingerprint density at radius 1 is 0.906 bits per heavy atom. The van der Waals surface area contributed by atoms with Gasteiger partial charge >= 0.3 is 11.4 Å². The number of hydrogen-bond donors (Lipinski definition) is 2. The molecule has 1 atom stereocenters. The molecule has 9 heteroatoms. The fourth-order valence-corrected chi connectivity index (χ4v) is 5.30. The van der Waals surface area contributed by atoms with Gasteiger partial charge in [0.1, 0.15) is 0 Å². The van der Waals surface area contributed by atoms with Crippen molar-refractivity contribution in [2.75, 3.05) is 19.6 Å². The smallest absolute Gasteiger partial charge is 0.305 e. The number of fused-ring (bicyclic) bond motifs is 2. The maximum absolute atomic E-state index is 12.6. The lowest BCUT2D eigenvalue weighted by Crippen LogP contribution is -2.40. The molecule has 168 valence electrons. The zero-order chi connectivity index (χ0) is 22.4. The minimum atomic E-state index is -0.105. The van der Waals surface area contributed by atoms with Gasteiger partial charge in [-0.15, -0.1) is 0 Å². The molecule has 1 unspecified atom stereocenters. The van der Waals surface area contributed by atoms with Crippen molar-refractivity contribution in [3.8, 4) is 0 Å². The van der Waals surface area contributed by atoms with Crippen molar-refractivity contribution in [1.29, 1.82) is 0 Å². The van der Waals surface area contributed by atoms with E-state index in [2.05, 4.69) is 21.8 Å². The van der Waals surface area contributed by atoms with Crippen LogP contribution >= 0.6 is 23.2 Å². The van der Waals surface area contributed by atoms with Gasteiger partial charge in [0.2, 0.25) is 0 Å². The minimum Gasteiger partial charge on any atom is -0.305 e. The van der Waals surface area contributed by atoms with Crippen molar-refractivity contribution in [2.24, 2.45) is 5.92 Å². The molecule has 2 N–H and O–H groups in total. The van der Waals surface area contributed by atoms with Crippen LogP contribution in [0.3, 0.4) is 0 Å². The second-order valence-electron chi connectivity index (χ2n) is 8.80. The van der Waals surface area contributed by atoms with E-state index in [0.717, 1.165) is 54.5 Å². The van der Waals surface area contributed by atoms with Crippen LogP contribution in [0.4, 0.5) is 0 Å². The molecule has 0 amide bonds. The lowest BCUT2D eigenvalue weighted by molar-refractivity contribution is 0.161. The molecule has 0 bridgehead atoms. The lowest BCUT2D eigenvalue weighted by atomic mass is 10.0. The summed E-state index contributed by atoms with van der Waals surface area (Å²) in [4.78, 5) is 33.2. The Hall–Kier alpha value is -2.48. The Bertz CT molecular complexity index is 1390. The molecule has 2 aromatic heterocycles. The van der Waals surface area contributed by atoms with E-state index in [-0.39, 0.29) is 17.4 Å². The number of benzene rings is 2. The quantitative estimate of drug-likeness (QED) is 0.454. The summed E-state index contributed by atoms with van der Waals surface area (Å²) >= 11 is 12.1. The highest BCUT2D eigenvalue weighted by Gasteiger charge is 2.25. The van der Waals surface area contributed by atoms with Gasteiger partial charge in [-0.2, -0.15) is 0 Å². The Morgan fingerprint density at radius 2 is 1.50 bits per heavy atom. The van der Waals surface area contributed by atoms with E-state index in [1.807, 2.05) is 28.8 Å². The minimum absolute atomic E-state index is 0.0760. The molecule has 0 saturated carbocycles. The van der Waals surface area contributed by atoms with Crippen molar-refractivity contribution in [3.63, 3.8) is 0 Å². The number of H-pyrrole nitrogens is 2. The van der Waals surface area contributed by atoms with Crippen LogP contribution in [0.15, 0.2) is 46.0 Å². The summed E-state index contributed by atoms with van der Waals surface area (Å²) in [6.07, 6.45) is 1.82. The number of hydrogen-bond acceptors (Lipinski definition) is 3. The monoisotopic (exact) mass is 473 g/mol. The number of halogens is 2. The molecule has 7 nitrogen and oxygen atoms in total. The van der Waals surface area contributed by atoms with Crippen LogP contribution in [0, 0.1) is 5.92 Å². The Morgan fingerprint density at radius 3 is 2.19 bits per heavy atom. The highest BCUT2D eigenvalue weighted by atomic mass is 35.5. The summed E-state index contributed by atoms with van der Waals surface area (Å²) in [7, 11) is 0. The second kappa shape index (κ2) is 8.46. The Labute approximate surface area is 194 Å². The first-order chi connectivity index (χ1) is 15.4. The van der Waals surface area contributed by atoms with Crippen molar-refractivity contribution in [1.82, 2.24) is 24.0 Å². The van der Waals surface area contributed by atoms with Crippen LogP contribution in [0.1, 0.15) is 25.8 Å². The van der Waals surface area contributed by atoms with Crippen LogP contribution in [-0.4, -0.2) is 43.6 Å². The third kappa shape index (κ3) is 4.00. The molecule has 4 aromatic rings. The van der Waals surface area contributed by atoms with E-state index in [1.165, 1.54) is 0 Å². The van der Waals surface area contributed by atoms with E-state index < -0.39 is 0 Å². The standard InChI is InChI=1S/C23H25Cl2N5O2/c1-14(13-29-20-4-2-15(24)10-18(20)26-22(29)31)12-28-8-6-17(7-9-28)30-21-5-3-16(25)11-19(21)27-23(30)32/h2-5,10-11,14,17H,6-9,12-13H2,1H3,(H,26,31)(H,27,32). The summed E-state index contributed by atoms with van der Waals surface area (Å²) in [6.45, 7) is 5.54. The molecule has 1 aliphatic rings. The lowest BCUT2D eigenvalue weighted by Gasteiger charge is -2.34. The predicted molar refractivity (Wildman–Crippen MR) is 129 cm³/mol. The first kappa shape index (κ1) is 21.4. The van der Waals surface area contributed by atoms with Crippen LogP contribution in [0.25, 0.3) is 22.1 Å². The largest absolute Gasteiger partial charge is 0.326 e. The Kier molecular flexibility index (Phi) is 5.65. The van der Waals surface area contributed by atoms with Gasteiger partial charge in [-0.1, -0.05) is 30.1 Å². The average Bonchev–Trinajstić information content (AvgIpc) is 3.23. The fourth-order valence-electron chi connectivity index (χ4n) is 4.95. The van der Waals surface area contributed by atoms with Gasteiger partial charge in [-0.25, -0.2) is 9.59 Å². The average molecular weight is 474 g/mol. The number of aromatic nitrogens is 4. The van der Waals surface area contributed by atoms with Crippen molar-refractivity contribution >= 4 is 45.3 Å². The number of rotatable bonds is 5. The summed E-state index contributed by atoms with van der Waals surface area (Å²) in [5.41, 5.74) is 3.15. The molecule has 1 saturated heterocycles. The topological polar surface area (TPSA) is 78.8 Å². The number of piperidine rings is 1. The third-order valence-electron chi connectivity index (χ3n) is 6.40. The number of nitrogens with one attached hydrogen (secondary N) is 2. The zero-order valence-corrected chi connectivity index (χ0v) is 19.3. The SMILES string of the molecule is CC(CN1CCC(n2c(=O)[nH]c3cc(Cl)ccc32)CC1)Cn1c(=O)[nH]c2cc(Cl)ccc21. The van der Waals surface area contributed by atoms with Gasteiger partial charge in [-0.05, 0) is 55.2 Å². The number of likely N-dealkylation sites (tertiary alicyclic amines) is 1. The summed E-state index contributed by atoms with van der Waals surface area (Å²) in [5.74, 6) is 0.303. The van der Waals surface area contributed by atoms with Crippen molar-refractivity contribution < 1.29 is 0 Å². The molecule has 1 fully saturated rings. The van der Waals surface area contributed by atoms with Gasteiger partial charge in [-0.3, -0.25) is 9.13 Å². The zero-order valence-electron chi connectivity index (χ0n) is 17.8. The number of nitrogens with zero attached hydrogens (tertiary/aromatic N) is 3. The van der Waals surface area contributed by atoms with Crippen molar-refractivity contribution in [3.05, 3.63) is 67.4 Å². The Balaban J connectivity index is 1.24. The van der Waals surface area contributed by atoms with E-state index in [1.54, 1.807) is 16.7 Å². The maximum atomic E-state index is 12.6.